The molecular weight excluding hydrogens is 324 g/mol. The third-order valence-corrected chi connectivity index (χ3v) is 5.89. The Balaban J connectivity index is 1.50. The van der Waals surface area contributed by atoms with Gasteiger partial charge in [0.1, 0.15) is 0 Å². The van der Waals surface area contributed by atoms with Crippen LogP contribution in [0.2, 0.25) is 0 Å². The van der Waals surface area contributed by atoms with Gasteiger partial charge < -0.3 is 15.2 Å². The van der Waals surface area contributed by atoms with Gasteiger partial charge in [-0.25, -0.2) is 0 Å². The van der Waals surface area contributed by atoms with Crippen LogP contribution in [0.25, 0.3) is 10.9 Å². The molecule has 0 radical (unpaired) electrons. The van der Waals surface area contributed by atoms with Crippen LogP contribution in [0.3, 0.4) is 0 Å². The number of hydrogen-bond acceptors (Lipinski definition) is 3. The maximum absolute atomic E-state index is 12.6. The Kier molecular flexibility index (Phi) is 3.57. The Hall–Kier alpha value is -2.66. The lowest BCUT2D eigenvalue weighted by Gasteiger charge is -2.41. The number of anilines is 1. The van der Waals surface area contributed by atoms with Gasteiger partial charge in [-0.15, -0.1) is 0 Å². The molecule has 0 bridgehead atoms. The number of carbonyl (C=O) groups excluding carboxylic acids is 1. The van der Waals surface area contributed by atoms with Gasteiger partial charge in [0.05, 0.1) is 11.9 Å². The highest BCUT2D eigenvalue weighted by atomic mass is 16.1. The van der Waals surface area contributed by atoms with Gasteiger partial charge in [0, 0.05) is 48.0 Å². The molecule has 0 saturated heterocycles. The highest BCUT2D eigenvalue weighted by Gasteiger charge is 2.39. The van der Waals surface area contributed by atoms with Crippen molar-refractivity contribution >= 4 is 22.5 Å². The van der Waals surface area contributed by atoms with Crippen LogP contribution in [0.4, 0.5) is 5.69 Å². The van der Waals surface area contributed by atoms with Gasteiger partial charge in [-0.05, 0) is 48.6 Å². The topological polar surface area (TPSA) is 59.0 Å². The zero-order valence-electron chi connectivity index (χ0n) is 14.7. The van der Waals surface area contributed by atoms with E-state index in [0.717, 1.165) is 25.2 Å². The number of fused-ring (bicyclic) bond motifs is 3. The zero-order chi connectivity index (χ0) is 17.6. The van der Waals surface area contributed by atoms with E-state index >= 15 is 0 Å². The molecule has 1 aliphatic carbocycles. The predicted molar refractivity (Wildman–Crippen MR) is 102 cm³/mol. The van der Waals surface area contributed by atoms with Crippen LogP contribution in [0.15, 0.2) is 48.8 Å². The van der Waals surface area contributed by atoms with Crippen molar-refractivity contribution in [3.63, 3.8) is 0 Å². The molecule has 26 heavy (non-hydrogen) atoms. The molecule has 132 valence electrons. The summed E-state index contributed by atoms with van der Waals surface area (Å²) in [6.45, 7) is 3.04. The number of rotatable bonds is 2. The Morgan fingerprint density at radius 3 is 2.92 bits per heavy atom. The number of carbonyl (C=O) groups is 1. The maximum atomic E-state index is 12.6. The molecule has 1 amide bonds. The number of nitrogens with zero attached hydrogens (tertiary/aromatic N) is 2. The molecule has 2 N–H and O–H groups in total. The van der Waals surface area contributed by atoms with Crippen molar-refractivity contribution in [2.75, 3.05) is 11.9 Å². The van der Waals surface area contributed by atoms with Gasteiger partial charge in [-0.3, -0.25) is 9.78 Å². The van der Waals surface area contributed by atoms with E-state index < -0.39 is 0 Å². The molecule has 1 spiro atoms. The molecule has 1 aliphatic heterocycles. The van der Waals surface area contributed by atoms with Crippen molar-refractivity contribution in [2.24, 2.45) is 5.41 Å². The summed E-state index contributed by atoms with van der Waals surface area (Å²) in [6, 6.07) is 11.9. The van der Waals surface area contributed by atoms with Crippen molar-refractivity contribution in [1.29, 1.82) is 0 Å². The lowest BCUT2D eigenvalue weighted by molar-refractivity contribution is 0.102. The summed E-state index contributed by atoms with van der Waals surface area (Å²) in [5, 5.41) is 7.75. The van der Waals surface area contributed by atoms with Crippen LogP contribution in [0.5, 0.6) is 0 Å². The van der Waals surface area contributed by atoms with Gasteiger partial charge in [0.15, 0.2) is 0 Å². The summed E-state index contributed by atoms with van der Waals surface area (Å²) in [5.41, 5.74) is 4.26. The van der Waals surface area contributed by atoms with Gasteiger partial charge in [0.2, 0.25) is 0 Å². The summed E-state index contributed by atoms with van der Waals surface area (Å²) in [5.74, 6) is -0.0967. The highest BCUT2D eigenvalue weighted by molar-refractivity contribution is 6.06. The molecule has 5 heteroatoms. The molecule has 3 heterocycles. The lowest BCUT2D eigenvalue weighted by atomic mass is 9.68. The Labute approximate surface area is 152 Å². The first-order valence-corrected chi connectivity index (χ1v) is 9.27. The van der Waals surface area contributed by atoms with E-state index in [1.54, 1.807) is 12.4 Å². The molecule has 1 saturated carbocycles. The SMILES string of the molecule is O=C(Nc1cccnc1)c1ccc2cc3n(c2c1)CC1(CCC1)CNC3. The van der Waals surface area contributed by atoms with Crippen molar-refractivity contribution in [3.8, 4) is 0 Å². The van der Waals surface area contributed by atoms with Crippen LogP contribution < -0.4 is 10.6 Å². The van der Waals surface area contributed by atoms with E-state index in [9.17, 15) is 4.79 Å². The number of pyridine rings is 1. The Bertz CT molecular complexity index is 972. The second kappa shape index (κ2) is 5.95. The van der Waals surface area contributed by atoms with Crippen molar-refractivity contribution < 1.29 is 4.79 Å². The van der Waals surface area contributed by atoms with Crippen LogP contribution in [0.1, 0.15) is 35.3 Å². The van der Waals surface area contributed by atoms with Crippen molar-refractivity contribution in [1.82, 2.24) is 14.9 Å². The Morgan fingerprint density at radius 1 is 1.23 bits per heavy atom. The molecule has 5 nitrogen and oxygen atoms in total. The molecule has 2 aromatic heterocycles. The minimum Gasteiger partial charge on any atom is -0.343 e. The molecule has 5 rings (SSSR count). The smallest absolute Gasteiger partial charge is 0.255 e. The summed E-state index contributed by atoms with van der Waals surface area (Å²) < 4.78 is 2.43. The average molecular weight is 346 g/mol. The molecule has 1 fully saturated rings. The van der Waals surface area contributed by atoms with E-state index in [-0.39, 0.29) is 5.91 Å². The van der Waals surface area contributed by atoms with Crippen LogP contribution in [-0.4, -0.2) is 22.0 Å². The van der Waals surface area contributed by atoms with E-state index in [4.69, 9.17) is 0 Å². The second-order valence-corrected chi connectivity index (χ2v) is 7.65. The highest BCUT2D eigenvalue weighted by Crippen LogP contribution is 2.44. The molecule has 1 aromatic carbocycles. The number of nitrogens with one attached hydrogen (secondary N) is 2. The summed E-state index contributed by atoms with van der Waals surface area (Å²) in [4.78, 5) is 16.7. The standard InChI is InChI=1S/C21H22N4O/c26-20(24-17-3-1-8-22-11-17)16-5-4-15-9-18-12-23-13-21(6-2-7-21)14-25(18)19(15)10-16/h1,3-5,8-11,23H,2,6-7,12-14H2,(H,24,26). The van der Waals surface area contributed by atoms with E-state index in [0.29, 0.717) is 16.7 Å². The van der Waals surface area contributed by atoms with E-state index in [1.807, 2.05) is 24.3 Å². The van der Waals surface area contributed by atoms with Crippen LogP contribution >= 0.6 is 0 Å². The predicted octanol–water partition coefficient (Wildman–Crippen LogP) is 3.56. The van der Waals surface area contributed by atoms with Gasteiger partial charge in [0.25, 0.3) is 5.91 Å². The monoisotopic (exact) mass is 346 g/mol. The molecule has 3 aromatic rings. The fraction of sp³-hybridized carbons (Fsp3) is 0.333. The van der Waals surface area contributed by atoms with Gasteiger partial charge in [-0.1, -0.05) is 12.5 Å². The third kappa shape index (κ3) is 2.59. The Morgan fingerprint density at radius 2 is 2.15 bits per heavy atom. The number of benzene rings is 1. The minimum atomic E-state index is -0.0967. The first-order valence-electron chi connectivity index (χ1n) is 9.27. The maximum Gasteiger partial charge on any atom is 0.255 e. The van der Waals surface area contributed by atoms with Gasteiger partial charge >= 0.3 is 0 Å². The number of hydrogen-bond donors (Lipinski definition) is 2. The molecule has 2 aliphatic rings. The zero-order valence-corrected chi connectivity index (χ0v) is 14.7. The quantitative estimate of drug-likeness (QED) is 0.746. The summed E-state index contributed by atoms with van der Waals surface area (Å²) in [6.07, 6.45) is 7.27. The van der Waals surface area contributed by atoms with Crippen molar-refractivity contribution in [3.05, 3.63) is 60.0 Å². The average Bonchev–Trinajstić information content (AvgIpc) is 2.84. The summed E-state index contributed by atoms with van der Waals surface area (Å²) >= 11 is 0. The van der Waals surface area contributed by atoms with E-state index in [2.05, 4.69) is 32.3 Å². The first kappa shape index (κ1) is 15.6. The number of amides is 1. The van der Waals surface area contributed by atoms with Crippen molar-refractivity contribution in [2.45, 2.75) is 32.4 Å². The normalized spacial score (nSPS) is 18.2. The van der Waals surface area contributed by atoms with Crippen LogP contribution in [0, 0.1) is 5.41 Å². The second-order valence-electron chi connectivity index (χ2n) is 7.65. The fourth-order valence-corrected chi connectivity index (χ4v) is 4.28. The fourth-order valence-electron chi connectivity index (χ4n) is 4.28. The number of aromatic nitrogens is 2. The van der Waals surface area contributed by atoms with E-state index in [1.165, 1.54) is 30.3 Å². The van der Waals surface area contributed by atoms with Gasteiger partial charge in [-0.2, -0.15) is 0 Å². The molecular formula is C21H22N4O. The molecule has 0 unspecified atom stereocenters. The molecule has 0 atom stereocenters. The minimum absolute atomic E-state index is 0.0967. The van der Waals surface area contributed by atoms with Crippen LogP contribution in [-0.2, 0) is 13.1 Å². The third-order valence-electron chi connectivity index (χ3n) is 5.89. The largest absolute Gasteiger partial charge is 0.343 e. The summed E-state index contributed by atoms with van der Waals surface area (Å²) in [7, 11) is 0. The first-order chi connectivity index (χ1) is 12.7. The lowest BCUT2D eigenvalue weighted by Crippen LogP contribution is -2.40.